The van der Waals surface area contributed by atoms with Gasteiger partial charge in [-0.1, -0.05) is 47.7 Å². The van der Waals surface area contributed by atoms with Crippen LogP contribution in [-0.2, 0) is 11.2 Å². The third kappa shape index (κ3) is 4.72. The van der Waals surface area contributed by atoms with Gasteiger partial charge in [0.05, 0.1) is 5.75 Å². The van der Waals surface area contributed by atoms with Gasteiger partial charge in [0.2, 0.25) is 5.91 Å². The number of aryl methyl sites for hydroxylation is 1. The first kappa shape index (κ1) is 21.9. The summed E-state index contributed by atoms with van der Waals surface area (Å²) in [5.74, 6) is 0.941. The molecular formula is C26H24N6OS. The van der Waals surface area contributed by atoms with Crippen LogP contribution in [0.2, 0.25) is 0 Å². The second kappa shape index (κ2) is 9.93. The predicted octanol–water partition coefficient (Wildman–Crippen LogP) is 4.57. The number of benzene rings is 2. The van der Waals surface area contributed by atoms with E-state index in [2.05, 4.69) is 56.7 Å². The molecule has 2 aromatic carbocycles. The van der Waals surface area contributed by atoms with Crippen molar-refractivity contribution in [1.29, 1.82) is 0 Å². The van der Waals surface area contributed by atoms with Crippen LogP contribution in [0.3, 0.4) is 0 Å². The van der Waals surface area contributed by atoms with E-state index in [1.165, 1.54) is 28.3 Å². The van der Waals surface area contributed by atoms with Crippen LogP contribution in [0.15, 0.2) is 84.4 Å². The molecule has 3 heterocycles. The molecule has 5 aromatic rings. The molecule has 0 unspecified atom stereocenters. The van der Waals surface area contributed by atoms with E-state index >= 15 is 0 Å². The molecular weight excluding hydrogens is 444 g/mol. The maximum absolute atomic E-state index is 12.6. The maximum atomic E-state index is 12.6. The lowest BCUT2D eigenvalue weighted by atomic mass is 10.1. The summed E-state index contributed by atoms with van der Waals surface area (Å²) in [5.41, 5.74) is 5.35. The fraction of sp³-hybridized carbons (Fsp3) is 0.154. The topological polar surface area (TPSA) is 88.5 Å². The van der Waals surface area contributed by atoms with E-state index in [4.69, 9.17) is 0 Å². The predicted molar refractivity (Wildman–Crippen MR) is 135 cm³/mol. The average molecular weight is 469 g/mol. The Morgan fingerprint density at radius 2 is 1.82 bits per heavy atom. The molecule has 0 saturated heterocycles. The van der Waals surface area contributed by atoms with Crippen LogP contribution in [0.25, 0.3) is 28.0 Å². The molecule has 0 atom stereocenters. The highest BCUT2D eigenvalue weighted by Gasteiger charge is 2.17. The largest absolute Gasteiger partial charge is 0.361 e. The number of thioether (sulfide) groups is 1. The van der Waals surface area contributed by atoms with Crippen LogP contribution in [0.5, 0.6) is 0 Å². The number of amides is 1. The van der Waals surface area contributed by atoms with Gasteiger partial charge in [-0.2, -0.15) is 0 Å². The summed E-state index contributed by atoms with van der Waals surface area (Å²) >= 11 is 1.38. The summed E-state index contributed by atoms with van der Waals surface area (Å²) in [7, 11) is 0. The molecule has 7 nitrogen and oxygen atoms in total. The van der Waals surface area contributed by atoms with Gasteiger partial charge in [-0.15, -0.1) is 10.2 Å². The van der Waals surface area contributed by atoms with Crippen LogP contribution < -0.4 is 5.32 Å². The maximum Gasteiger partial charge on any atom is 0.230 e. The Balaban J connectivity index is 1.27. The molecule has 1 amide bonds. The van der Waals surface area contributed by atoms with Crippen LogP contribution in [0.4, 0.5) is 0 Å². The lowest BCUT2D eigenvalue weighted by Crippen LogP contribution is -2.27. The number of hydrogen-bond acceptors (Lipinski definition) is 5. The molecule has 0 aliphatic rings. The Morgan fingerprint density at radius 1 is 1.03 bits per heavy atom. The molecule has 2 N–H and O–H groups in total. The number of rotatable bonds is 8. The van der Waals surface area contributed by atoms with Gasteiger partial charge in [0.25, 0.3) is 0 Å². The van der Waals surface area contributed by atoms with Crippen LogP contribution in [-0.4, -0.2) is 42.9 Å². The van der Waals surface area contributed by atoms with Gasteiger partial charge < -0.3 is 10.3 Å². The molecule has 0 fully saturated rings. The van der Waals surface area contributed by atoms with Crippen LogP contribution >= 0.6 is 11.8 Å². The highest BCUT2D eigenvalue weighted by molar-refractivity contribution is 7.99. The van der Waals surface area contributed by atoms with Gasteiger partial charge in [0.1, 0.15) is 0 Å². The third-order valence-corrected chi connectivity index (χ3v) is 6.52. The smallest absolute Gasteiger partial charge is 0.230 e. The summed E-state index contributed by atoms with van der Waals surface area (Å²) in [4.78, 5) is 19.9. The minimum atomic E-state index is -0.0336. The first-order valence-corrected chi connectivity index (χ1v) is 12.0. The number of aromatic amines is 1. The molecule has 3 aromatic heterocycles. The Labute approximate surface area is 201 Å². The number of H-pyrrole nitrogens is 1. The number of aromatic nitrogens is 5. The quantitative estimate of drug-likeness (QED) is 0.326. The van der Waals surface area contributed by atoms with Crippen molar-refractivity contribution in [3.8, 4) is 17.1 Å². The molecule has 5 rings (SSSR count). The van der Waals surface area contributed by atoms with Crippen molar-refractivity contribution in [1.82, 2.24) is 30.0 Å². The zero-order valence-corrected chi connectivity index (χ0v) is 19.5. The van der Waals surface area contributed by atoms with Crippen molar-refractivity contribution in [3.05, 3.63) is 90.4 Å². The molecule has 0 spiro atoms. The molecule has 0 bridgehead atoms. The number of pyridine rings is 1. The van der Waals surface area contributed by atoms with Gasteiger partial charge in [-0.25, -0.2) is 0 Å². The van der Waals surface area contributed by atoms with E-state index in [1.807, 2.05) is 47.2 Å². The van der Waals surface area contributed by atoms with Crippen molar-refractivity contribution < 1.29 is 4.79 Å². The Hall–Kier alpha value is -3.91. The third-order valence-electron chi connectivity index (χ3n) is 5.59. The second-order valence-corrected chi connectivity index (χ2v) is 8.90. The lowest BCUT2D eigenvalue weighted by Gasteiger charge is -2.11. The summed E-state index contributed by atoms with van der Waals surface area (Å²) in [6.45, 7) is 2.63. The second-order valence-electron chi connectivity index (χ2n) is 7.96. The van der Waals surface area contributed by atoms with E-state index in [1.54, 1.807) is 12.4 Å². The van der Waals surface area contributed by atoms with Crippen LogP contribution in [0.1, 0.15) is 11.1 Å². The molecule has 0 radical (unpaired) electrons. The van der Waals surface area contributed by atoms with E-state index in [-0.39, 0.29) is 11.7 Å². The Morgan fingerprint density at radius 3 is 2.65 bits per heavy atom. The van der Waals surface area contributed by atoms with Crippen molar-refractivity contribution >= 4 is 28.6 Å². The van der Waals surface area contributed by atoms with Gasteiger partial charge >= 0.3 is 0 Å². The number of carbonyl (C=O) groups is 1. The van der Waals surface area contributed by atoms with Gasteiger partial charge in [-0.05, 0) is 49.2 Å². The molecule has 170 valence electrons. The molecule has 8 heteroatoms. The first-order chi connectivity index (χ1) is 16.7. The van der Waals surface area contributed by atoms with E-state index in [0.29, 0.717) is 17.5 Å². The van der Waals surface area contributed by atoms with E-state index < -0.39 is 0 Å². The summed E-state index contributed by atoms with van der Waals surface area (Å²) in [5, 5.41) is 13.7. The molecule has 0 aliphatic heterocycles. The molecule has 0 saturated carbocycles. The molecule has 0 aliphatic carbocycles. The number of para-hydroxylation sites is 1. The summed E-state index contributed by atoms with van der Waals surface area (Å²) in [6, 6.07) is 20.2. The SMILES string of the molecule is Cc1ccc(-n2c(SCC(=O)NCCc3c[nH]c4ccccc34)nnc2-c2ccncc2)cc1. The zero-order valence-electron chi connectivity index (χ0n) is 18.7. The zero-order chi connectivity index (χ0) is 23.3. The minimum absolute atomic E-state index is 0.0336. The minimum Gasteiger partial charge on any atom is -0.361 e. The van der Waals surface area contributed by atoms with E-state index in [0.717, 1.165) is 23.2 Å². The summed E-state index contributed by atoms with van der Waals surface area (Å²) in [6.07, 6.45) is 6.25. The van der Waals surface area contributed by atoms with Gasteiger partial charge in [0, 0.05) is 47.3 Å². The Bertz CT molecular complexity index is 1410. The fourth-order valence-electron chi connectivity index (χ4n) is 3.83. The number of nitrogens with zero attached hydrogens (tertiary/aromatic N) is 4. The van der Waals surface area contributed by atoms with Gasteiger partial charge in [0.15, 0.2) is 11.0 Å². The first-order valence-electron chi connectivity index (χ1n) is 11.1. The number of fused-ring (bicyclic) bond motifs is 1. The monoisotopic (exact) mass is 468 g/mol. The number of hydrogen-bond donors (Lipinski definition) is 2. The highest BCUT2D eigenvalue weighted by atomic mass is 32.2. The van der Waals surface area contributed by atoms with Crippen molar-refractivity contribution in [3.63, 3.8) is 0 Å². The summed E-state index contributed by atoms with van der Waals surface area (Å²) < 4.78 is 1.98. The standard InChI is InChI=1S/C26H24N6OS/c1-18-6-8-21(9-7-18)32-25(19-10-13-27-14-11-19)30-31-26(32)34-17-24(33)28-15-12-20-16-29-23-5-3-2-4-22(20)23/h2-11,13-14,16,29H,12,15,17H2,1H3,(H,28,33). The van der Waals surface area contributed by atoms with Crippen LogP contribution in [0, 0.1) is 6.92 Å². The average Bonchev–Trinajstić information content (AvgIpc) is 3.48. The number of nitrogens with one attached hydrogen (secondary N) is 2. The lowest BCUT2D eigenvalue weighted by molar-refractivity contribution is -0.118. The number of carbonyl (C=O) groups excluding carboxylic acids is 1. The highest BCUT2D eigenvalue weighted by Crippen LogP contribution is 2.28. The molecule has 34 heavy (non-hydrogen) atoms. The van der Waals surface area contributed by atoms with Gasteiger partial charge in [-0.3, -0.25) is 14.3 Å². The normalized spacial score (nSPS) is 11.1. The van der Waals surface area contributed by atoms with Crippen molar-refractivity contribution in [2.24, 2.45) is 0 Å². The van der Waals surface area contributed by atoms with Crippen molar-refractivity contribution in [2.75, 3.05) is 12.3 Å². The fourth-order valence-corrected chi connectivity index (χ4v) is 4.62. The Kier molecular flexibility index (Phi) is 6.40. The van der Waals surface area contributed by atoms with E-state index in [9.17, 15) is 4.79 Å². The van der Waals surface area contributed by atoms with Crippen molar-refractivity contribution in [2.45, 2.75) is 18.5 Å².